The molecule has 0 radical (unpaired) electrons. The van der Waals surface area contributed by atoms with Gasteiger partial charge in [0.25, 0.3) is 0 Å². The smallest absolute Gasteiger partial charge is 0.315 e. The molecule has 1 saturated carbocycles. The topological polar surface area (TPSA) is 72.8 Å². The molecule has 0 aromatic carbocycles. The zero-order valence-corrected chi connectivity index (χ0v) is 13.9. The molecule has 0 unspecified atom stereocenters. The summed E-state index contributed by atoms with van der Waals surface area (Å²) in [6.45, 7) is 9.56. The number of esters is 2. The maximum atomic E-state index is 12.6. The third kappa shape index (κ3) is 3.88. The van der Waals surface area contributed by atoms with Crippen LogP contribution < -0.4 is 0 Å². The van der Waals surface area contributed by atoms with Crippen LogP contribution in [0.3, 0.4) is 0 Å². The summed E-state index contributed by atoms with van der Waals surface area (Å²) in [7, 11) is 0. The summed E-state index contributed by atoms with van der Waals surface area (Å²) in [5.41, 5.74) is -1.77. The Morgan fingerprint density at radius 1 is 1.09 bits per heavy atom. The molecule has 0 aromatic heterocycles. The van der Waals surface area contributed by atoms with Crippen molar-refractivity contribution in [3.8, 4) is 0 Å². The standard InChI is InChI=1S/C17H28O5/c1-5-21-14(18)12-16(15(19)22-6-2)9-7-8-10-17(16,20)11-13(3)4/h20H,3,5-12H2,1-2,4H3/t16-,17+/m1/s1. The van der Waals surface area contributed by atoms with Crippen LogP contribution in [-0.2, 0) is 19.1 Å². The average Bonchev–Trinajstić information content (AvgIpc) is 2.41. The average molecular weight is 312 g/mol. The number of carbonyl (C=O) groups is 2. The first-order chi connectivity index (χ1) is 10.3. The van der Waals surface area contributed by atoms with Crippen LogP contribution in [-0.4, -0.2) is 35.9 Å². The molecular formula is C17H28O5. The van der Waals surface area contributed by atoms with Gasteiger partial charge >= 0.3 is 11.9 Å². The lowest BCUT2D eigenvalue weighted by Gasteiger charge is -2.48. The van der Waals surface area contributed by atoms with Crippen LogP contribution in [0, 0.1) is 5.41 Å². The molecule has 0 bridgehead atoms. The van der Waals surface area contributed by atoms with Gasteiger partial charge in [0.15, 0.2) is 0 Å². The highest BCUT2D eigenvalue weighted by atomic mass is 16.5. The third-order valence-corrected chi connectivity index (χ3v) is 4.35. The van der Waals surface area contributed by atoms with Crippen LogP contribution in [0.15, 0.2) is 12.2 Å². The molecule has 2 atom stereocenters. The predicted octanol–water partition coefficient (Wildman–Crippen LogP) is 2.76. The van der Waals surface area contributed by atoms with Gasteiger partial charge in [-0.2, -0.15) is 0 Å². The molecular weight excluding hydrogens is 284 g/mol. The summed E-state index contributed by atoms with van der Waals surface area (Å²) in [6.07, 6.45) is 2.60. The lowest BCUT2D eigenvalue weighted by molar-refractivity contribution is -0.190. The van der Waals surface area contributed by atoms with Gasteiger partial charge in [0, 0.05) is 0 Å². The normalized spacial score (nSPS) is 28.0. The Bertz CT molecular complexity index is 431. The Hall–Kier alpha value is -1.36. The number of hydrogen-bond acceptors (Lipinski definition) is 5. The van der Waals surface area contributed by atoms with Crippen molar-refractivity contribution in [2.24, 2.45) is 5.41 Å². The summed E-state index contributed by atoms with van der Waals surface area (Å²) in [6, 6.07) is 0. The Labute approximate surface area is 132 Å². The molecule has 0 heterocycles. The van der Waals surface area contributed by atoms with Crippen molar-refractivity contribution in [1.29, 1.82) is 0 Å². The van der Waals surface area contributed by atoms with Crippen molar-refractivity contribution in [1.82, 2.24) is 0 Å². The van der Waals surface area contributed by atoms with E-state index in [4.69, 9.17) is 9.47 Å². The van der Waals surface area contributed by atoms with Gasteiger partial charge in [0.1, 0.15) is 5.41 Å². The van der Waals surface area contributed by atoms with Crippen molar-refractivity contribution in [3.63, 3.8) is 0 Å². The second-order valence-electron chi connectivity index (χ2n) is 6.16. The van der Waals surface area contributed by atoms with Gasteiger partial charge in [-0.1, -0.05) is 18.4 Å². The van der Waals surface area contributed by atoms with E-state index < -0.39 is 23.0 Å². The van der Waals surface area contributed by atoms with E-state index >= 15 is 0 Å². The van der Waals surface area contributed by atoms with E-state index in [0.717, 1.165) is 18.4 Å². The summed E-state index contributed by atoms with van der Waals surface area (Å²) >= 11 is 0. The van der Waals surface area contributed by atoms with Crippen molar-refractivity contribution < 1.29 is 24.2 Å². The van der Waals surface area contributed by atoms with E-state index in [1.165, 1.54) is 0 Å². The monoisotopic (exact) mass is 312 g/mol. The minimum atomic E-state index is -1.31. The molecule has 1 rings (SSSR count). The van der Waals surface area contributed by atoms with Crippen LogP contribution in [0.1, 0.15) is 59.3 Å². The van der Waals surface area contributed by atoms with E-state index in [9.17, 15) is 14.7 Å². The maximum Gasteiger partial charge on any atom is 0.315 e. The first-order valence-electron chi connectivity index (χ1n) is 8.01. The molecule has 1 fully saturated rings. The van der Waals surface area contributed by atoms with Gasteiger partial charge in [0.2, 0.25) is 0 Å². The third-order valence-electron chi connectivity index (χ3n) is 4.35. The van der Waals surface area contributed by atoms with Gasteiger partial charge in [-0.3, -0.25) is 9.59 Å². The summed E-state index contributed by atoms with van der Waals surface area (Å²) < 4.78 is 10.2. The zero-order valence-electron chi connectivity index (χ0n) is 13.9. The van der Waals surface area contributed by atoms with Crippen molar-refractivity contribution in [2.45, 2.75) is 64.9 Å². The molecule has 1 N–H and O–H groups in total. The lowest BCUT2D eigenvalue weighted by atomic mass is 9.59. The second-order valence-corrected chi connectivity index (χ2v) is 6.16. The van der Waals surface area contributed by atoms with Gasteiger partial charge in [-0.15, -0.1) is 6.58 Å². The van der Waals surface area contributed by atoms with Gasteiger partial charge in [0.05, 0.1) is 25.2 Å². The summed E-state index contributed by atoms with van der Waals surface area (Å²) in [5.74, 6) is -0.982. The van der Waals surface area contributed by atoms with Crippen LogP contribution in [0.5, 0.6) is 0 Å². The molecule has 1 aliphatic carbocycles. The number of ether oxygens (including phenoxy) is 2. The maximum absolute atomic E-state index is 12.6. The van der Waals surface area contributed by atoms with Crippen molar-refractivity contribution in [2.75, 3.05) is 13.2 Å². The van der Waals surface area contributed by atoms with Crippen LogP contribution in [0.25, 0.3) is 0 Å². The zero-order chi connectivity index (χ0) is 16.8. The quantitative estimate of drug-likeness (QED) is 0.578. The molecule has 0 amide bonds. The molecule has 5 nitrogen and oxygen atoms in total. The molecule has 5 heteroatoms. The van der Waals surface area contributed by atoms with Crippen LogP contribution in [0.2, 0.25) is 0 Å². The molecule has 0 saturated heterocycles. The van der Waals surface area contributed by atoms with E-state index in [1.807, 2.05) is 6.92 Å². The van der Waals surface area contributed by atoms with Crippen LogP contribution >= 0.6 is 0 Å². The van der Waals surface area contributed by atoms with E-state index in [0.29, 0.717) is 12.8 Å². The van der Waals surface area contributed by atoms with Gasteiger partial charge < -0.3 is 14.6 Å². The fraction of sp³-hybridized carbons (Fsp3) is 0.765. The summed E-state index contributed by atoms with van der Waals surface area (Å²) in [4.78, 5) is 24.7. The second kappa shape index (κ2) is 7.77. The summed E-state index contributed by atoms with van der Waals surface area (Å²) in [5, 5.41) is 11.2. The van der Waals surface area contributed by atoms with E-state index in [2.05, 4.69) is 6.58 Å². The molecule has 22 heavy (non-hydrogen) atoms. The molecule has 1 aliphatic rings. The molecule has 0 aromatic rings. The fourth-order valence-corrected chi connectivity index (χ4v) is 3.42. The Kier molecular flexibility index (Phi) is 6.60. The van der Waals surface area contributed by atoms with E-state index in [1.54, 1.807) is 13.8 Å². The Balaban J connectivity index is 3.21. The Morgan fingerprint density at radius 2 is 1.68 bits per heavy atom. The van der Waals surface area contributed by atoms with Crippen molar-refractivity contribution >= 4 is 11.9 Å². The minimum absolute atomic E-state index is 0.149. The number of carbonyl (C=O) groups excluding carboxylic acids is 2. The number of rotatable bonds is 7. The first-order valence-corrected chi connectivity index (χ1v) is 8.01. The first kappa shape index (κ1) is 18.7. The highest BCUT2D eigenvalue weighted by Gasteiger charge is 2.58. The molecule has 0 aliphatic heterocycles. The fourth-order valence-electron chi connectivity index (χ4n) is 3.42. The van der Waals surface area contributed by atoms with Gasteiger partial charge in [-0.25, -0.2) is 0 Å². The number of hydrogen-bond donors (Lipinski definition) is 1. The van der Waals surface area contributed by atoms with Crippen LogP contribution in [0.4, 0.5) is 0 Å². The van der Waals surface area contributed by atoms with E-state index in [-0.39, 0.29) is 26.1 Å². The Morgan fingerprint density at radius 3 is 2.23 bits per heavy atom. The number of aliphatic hydroxyl groups is 1. The highest BCUT2D eigenvalue weighted by Crippen LogP contribution is 2.50. The lowest BCUT2D eigenvalue weighted by Crippen LogP contribution is -2.57. The minimum Gasteiger partial charge on any atom is -0.466 e. The largest absolute Gasteiger partial charge is 0.466 e. The van der Waals surface area contributed by atoms with Crippen molar-refractivity contribution in [3.05, 3.63) is 12.2 Å². The molecule has 0 spiro atoms. The predicted molar refractivity (Wildman–Crippen MR) is 83.2 cm³/mol. The molecule has 126 valence electrons. The van der Waals surface area contributed by atoms with Gasteiger partial charge in [-0.05, 0) is 40.0 Å². The SMILES string of the molecule is C=C(C)C[C@@]1(O)CCCC[C@@]1(CC(=O)OCC)C(=O)OCC. The highest BCUT2D eigenvalue weighted by molar-refractivity contribution is 5.85.